The molecule has 98 valence electrons. The smallest absolute Gasteiger partial charge is 0.295 e. The Hall–Kier alpha value is -2.95. The first-order chi connectivity index (χ1) is 9.75. The number of nitro groups is 1. The molecule has 0 saturated carbocycles. The third-order valence-corrected chi connectivity index (χ3v) is 2.88. The number of fused-ring (bicyclic) bond motifs is 1. The van der Waals surface area contributed by atoms with E-state index in [1.54, 1.807) is 18.2 Å². The van der Waals surface area contributed by atoms with Gasteiger partial charge in [-0.3, -0.25) is 10.1 Å². The minimum absolute atomic E-state index is 0.0268. The normalized spacial score (nSPS) is 10.4. The molecule has 0 aliphatic carbocycles. The topological polar surface area (TPSA) is 65.3 Å². The summed E-state index contributed by atoms with van der Waals surface area (Å²) in [6.07, 6.45) is 1.51. The lowest BCUT2D eigenvalue weighted by Gasteiger charge is -2.08. The summed E-state index contributed by atoms with van der Waals surface area (Å²) in [6.45, 7) is 0. The monoisotopic (exact) mass is 266 g/mol. The molecule has 0 atom stereocenters. The van der Waals surface area contributed by atoms with E-state index in [0.717, 1.165) is 0 Å². The second kappa shape index (κ2) is 4.97. The van der Waals surface area contributed by atoms with Gasteiger partial charge in [-0.15, -0.1) is 0 Å². The van der Waals surface area contributed by atoms with Crippen LogP contribution in [0.25, 0.3) is 10.9 Å². The molecule has 3 rings (SSSR count). The van der Waals surface area contributed by atoms with Crippen molar-refractivity contribution in [1.82, 2.24) is 4.98 Å². The van der Waals surface area contributed by atoms with Crippen LogP contribution in [0, 0.1) is 10.1 Å². The fourth-order valence-corrected chi connectivity index (χ4v) is 1.99. The zero-order valence-corrected chi connectivity index (χ0v) is 10.4. The number of hydrogen-bond donors (Lipinski definition) is 0. The molecule has 0 unspecified atom stereocenters. The number of benzene rings is 2. The van der Waals surface area contributed by atoms with Gasteiger partial charge in [-0.25, -0.2) is 4.98 Å². The minimum atomic E-state index is -0.443. The third kappa shape index (κ3) is 2.16. The maximum absolute atomic E-state index is 11.0. The molecule has 0 N–H and O–H groups in total. The van der Waals surface area contributed by atoms with Gasteiger partial charge in [0, 0.05) is 17.6 Å². The predicted octanol–water partition coefficient (Wildman–Crippen LogP) is 3.94. The van der Waals surface area contributed by atoms with Crippen molar-refractivity contribution < 1.29 is 9.66 Å². The van der Waals surface area contributed by atoms with E-state index in [2.05, 4.69) is 4.98 Å². The zero-order valence-electron chi connectivity index (χ0n) is 10.4. The van der Waals surface area contributed by atoms with Crippen molar-refractivity contribution >= 4 is 16.6 Å². The van der Waals surface area contributed by atoms with Gasteiger partial charge in [-0.2, -0.15) is 0 Å². The van der Waals surface area contributed by atoms with E-state index in [4.69, 9.17) is 4.74 Å². The summed E-state index contributed by atoms with van der Waals surface area (Å²) < 4.78 is 5.76. The highest BCUT2D eigenvalue weighted by molar-refractivity contribution is 5.91. The molecule has 5 nitrogen and oxygen atoms in total. The number of para-hydroxylation sites is 2. The van der Waals surface area contributed by atoms with Crippen molar-refractivity contribution in [2.24, 2.45) is 0 Å². The van der Waals surface area contributed by atoms with E-state index in [1.165, 1.54) is 12.3 Å². The Morgan fingerprint density at radius 2 is 1.80 bits per heavy atom. The fraction of sp³-hybridized carbons (Fsp3) is 0. The van der Waals surface area contributed by atoms with Crippen molar-refractivity contribution in [3.8, 4) is 11.5 Å². The number of rotatable bonds is 3. The average molecular weight is 266 g/mol. The lowest BCUT2D eigenvalue weighted by Crippen LogP contribution is -1.93. The van der Waals surface area contributed by atoms with Gasteiger partial charge in [0.05, 0.1) is 4.92 Å². The molecule has 0 aliphatic heterocycles. The highest BCUT2D eigenvalue weighted by atomic mass is 16.6. The van der Waals surface area contributed by atoms with Crippen LogP contribution in [0.1, 0.15) is 0 Å². The summed E-state index contributed by atoms with van der Waals surface area (Å²) in [5, 5.41) is 11.6. The van der Waals surface area contributed by atoms with Crippen LogP contribution in [-0.4, -0.2) is 9.91 Å². The van der Waals surface area contributed by atoms with Crippen molar-refractivity contribution in [1.29, 1.82) is 0 Å². The van der Waals surface area contributed by atoms with Crippen LogP contribution in [0.3, 0.4) is 0 Å². The van der Waals surface area contributed by atoms with Crippen LogP contribution in [0.2, 0.25) is 0 Å². The molecule has 0 fully saturated rings. The molecule has 2 aromatic carbocycles. The molecule has 0 amide bonds. The highest BCUT2D eigenvalue weighted by Gasteiger charge is 2.15. The minimum Gasteiger partial charge on any atom is -0.457 e. The standard InChI is InChI=1S/C15H10N2O3/c18-17(19)13-8-4-7-12-14(9-10-16-15(12)13)20-11-5-2-1-3-6-11/h1-10H. The SMILES string of the molecule is O=[N+]([O-])c1cccc2c(Oc3ccccc3)ccnc12. The summed E-state index contributed by atoms with van der Waals surface area (Å²) in [5.41, 5.74) is 0.298. The van der Waals surface area contributed by atoms with Crippen LogP contribution in [0.15, 0.2) is 60.8 Å². The van der Waals surface area contributed by atoms with Gasteiger partial charge in [0.25, 0.3) is 5.69 Å². The Morgan fingerprint density at radius 1 is 1.00 bits per heavy atom. The first-order valence-electron chi connectivity index (χ1n) is 6.01. The molecular weight excluding hydrogens is 256 g/mol. The number of non-ortho nitro benzene ring substituents is 1. The highest BCUT2D eigenvalue weighted by Crippen LogP contribution is 2.32. The maximum Gasteiger partial charge on any atom is 0.295 e. The first-order valence-corrected chi connectivity index (χ1v) is 6.01. The molecular formula is C15H10N2O3. The Balaban J connectivity index is 2.13. The number of nitrogens with zero attached hydrogens (tertiary/aromatic N) is 2. The van der Waals surface area contributed by atoms with Gasteiger partial charge in [0.1, 0.15) is 11.5 Å². The molecule has 20 heavy (non-hydrogen) atoms. The van der Waals surface area contributed by atoms with E-state index in [1.807, 2.05) is 30.3 Å². The van der Waals surface area contributed by atoms with Crippen LogP contribution in [0.5, 0.6) is 11.5 Å². The number of nitro benzene ring substituents is 1. The van der Waals surface area contributed by atoms with E-state index in [-0.39, 0.29) is 5.69 Å². The maximum atomic E-state index is 11.0. The molecule has 0 saturated heterocycles. The fourth-order valence-electron chi connectivity index (χ4n) is 1.99. The first kappa shape index (κ1) is 12.1. The van der Waals surface area contributed by atoms with E-state index < -0.39 is 4.92 Å². The van der Waals surface area contributed by atoms with Crippen molar-refractivity contribution in [3.05, 3.63) is 70.9 Å². The van der Waals surface area contributed by atoms with Gasteiger partial charge in [-0.05, 0) is 24.3 Å². The quantitative estimate of drug-likeness (QED) is 0.532. The lowest BCUT2D eigenvalue weighted by atomic mass is 10.2. The summed E-state index contributed by atoms with van der Waals surface area (Å²) in [7, 11) is 0. The second-order valence-electron chi connectivity index (χ2n) is 4.15. The molecule has 1 aromatic heterocycles. The Labute approximate surface area is 114 Å². The number of ether oxygens (including phenoxy) is 1. The molecule has 1 heterocycles. The zero-order chi connectivity index (χ0) is 13.9. The summed E-state index contributed by atoms with van der Waals surface area (Å²) >= 11 is 0. The van der Waals surface area contributed by atoms with Gasteiger partial charge in [0.2, 0.25) is 0 Å². The summed E-state index contributed by atoms with van der Waals surface area (Å²) in [6, 6.07) is 15.8. The number of hydrogen-bond acceptors (Lipinski definition) is 4. The van der Waals surface area contributed by atoms with Crippen LogP contribution >= 0.6 is 0 Å². The van der Waals surface area contributed by atoms with Crippen molar-refractivity contribution in [3.63, 3.8) is 0 Å². The third-order valence-electron chi connectivity index (χ3n) is 2.88. The van der Waals surface area contributed by atoms with E-state index in [0.29, 0.717) is 22.4 Å². The van der Waals surface area contributed by atoms with Gasteiger partial charge in [-0.1, -0.05) is 24.3 Å². The number of aromatic nitrogens is 1. The Kier molecular flexibility index (Phi) is 3.01. The van der Waals surface area contributed by atoms with E-state index in [9.17, 15) is 10.1 Å². The molecule has 0 radical (unpaired) electrons. The molecule has 0 bridgehead atoms. The molecule has 0 spiro atoms. The molecule has 5 heteroatoms. The summed E-state index contributed by atoms with van der Waals surface area (Å²) in [5.74, 6) is 1.22. The average Bonchev–Trinajstić information content (AvgIpc) is 2.48. The van der Waals surface area contributed by atoms with Gasteiger partial charge < -0.3 is 4.74 Å². The number of pyridine rings is 1. The van der Waals surface area contributed by atoms with Gasteiger partial charge >= 0.3 is 0 Å². The predicted molar refractivity (Wildman–Crippen MR) is 74.9 cm³/mol. The van der Waals surface area contributed by atoms with Crippen LogP contribution in [0.4, 0.5) is 5.69 Å². The van der Waals surface area contributed by atoms with Crippen molar-refractivity contribution in [2.45, 2.75) is 0 Å². The van der Waals surface area contributed by atoms with Gasteiger partial charge in [0.15, 0.2) is 5.52 Å². The summed E-state index contributed by atoms with van der Waals surface area (Å²) in [4.78, 5) is 14.6. The Bertz CT molecular complexity index is 772. The molecule has 3 aromatic rings. The van der Waals surface area contributed by atoms with E-state index >= 15 is 0 Å². The second-order valence-corrected chi connectivity index (χ2v) is 4.15. The van der Waals surface area contributed by atoms with Crippen LogP contribution in [-0.2, 0) is 0 Å². The van der Waals surface area contributed by atoms with Crippen LogP contribution < -0.4 is 4.74 Å². The molecule has 0 aliphatic rings. The van der Waals surface area contributed by atoms with Crippen molar-refractivity contribution in [2.75, 3.05) is 0 Å². The Morgan fingerprint density at radius 3 is 2.55 bits per heavy atom. The largest absolute Gasteiger partial charge is 0.457 e. The lowest BCUT2D eigenvalue weighted by molar-refractivity contribution is -0.383.